The summed E-state index contributed by atoms with van der Waals surface area (Å²) in [5.41, 5.74) is -0.979. The third-order valence-electron chi connectivity index (χ3n) is 5.53. The molecule has 4 aliphatic heterocycles. The lowest BCUT2D eigenvalue weighted by Crippen LogP contribution is -2.48. The molecule has 3 saturated heterocycles. The summed E-state index contributed by atoms with van der Waals surface area (Å²) >= 11 is 0. The second-order valence-electron chi connectivity index (χ2n) is 7.46. The molecule has 0 saturated carbocycles. The Morgan fingerprint density at radius 3 is 2.91 bits per heavy atom. The Bertz CT molecular complexity index is 571. The van der Waals surface area contributed by atoms with Crippen LogP contribution in [0, 0.1) is 11.8 Å². The third-order valence-corrected chi connectivity index (χ3v) is 5.53. The van der Waals surface area contributed by atoms with Crippen LogP contribution in [0.2, 0.25) is 0 Å². The Morgan fingerprint density at radius 1 is 1.45 bits per heavy atom. The molecule has 5 unspecified atom stereocenters. The molecule has 2 bridgehead atoms. The molecular formula is C16H21NO5. The first-order valence-corrected chi connectivity index (χ1v) is 7.87. The maximum atomic E-state index is 12.9. The van der Waals surface area contributed by atoms with E-state index in [-0.39, 0.29) is 17.6 Å². The number of hydrogen-bond donors (Lipinski definition) is 1. The number of carboxylic acid groups (broad SMARTS) is 1. The molecule has 0 aromatic carbocycles. The van der Waals surface area contributed by atoms with E-state index in [1.54, 1.807) is 6.08 Å². The molecule has 0 aliphatic carbocycles. The summed E-state index contributed by atoms with van der Waals surface area (Å²) < 4.78 is 11.6. The van der Waals surface area contributed by atoms with Gasteiger partial charge in [0.1, 0.15) is 11.5 Å². The van der Waals surface area contributed by atoms with Gasteiger partial charge in [-0.05, 0) is 26.7 Å². The number of ether oxygens (including phenoxy) is 2. The lowest BCUT2D eigenvalue weighted by molar-refractivity contribution is -0.150. The number of carboxylic acids is 1. The van der Waals surface area contributed by atoms with E-state index < -0.39 is 29.5 Å². The summed E-state index contributed by atoms with van der Waals surface area (Å²) in [5.74, 6) is -2.34. The molecule has 0 radical (unpaired) electrons. The molecule has 6 heteroatoms. The number of rotatable bonds is 2. The highest BCUT2D eigenvalue weighted by atomic mass is 16.5. The van der Waals surface area contributed by atoms with Crippen molar-refractivity contribution in [2.75, 3.05) is 13.2 Å². The van der Waals surface area contributed by atoms with Crippen molar-refractivity contribution in [3.63, 3.8) is 0 Å². The van der Waals surface area contributed by atoms with E-state index in [9.17, 15) is 14.7 Å². The summed E-state index contributed by atoms with van der Waals surface area (Å²) in [7, 11) is 0. The summed E-state index contributed by atoms with van der Waals surface area (Å²) in [6.45, 7) is 5.15. The molecule has 4 heterocycles. The zero-order valence-corrected chi connectivity index (χ0v) is 12.8. The number of amides is 1. The zero-order chi connectivity index (χ0) is 15.7. The molecule has 3 fully saturated rings. The number of hydrogen-bond acceptors (Lipinski definition) is 4. The third kappa shape index (κ3) is 1.80. The van der Waals surface area contributed by atoms with Crippen LogP contribution in [0.1, 0.15) is 26.7 Å². The minimum absolute atomic E-state index is 0.0676. The van der Waals surface area contributed by atoms with Crippen LogP contribution in [0.25, 0.3) is 0 Å². The first-order chi connectivity index (χ1) is 10.3. The number of aliphatic carboxylic acids is 1. The Morgan fingerprint density at radius 2 is 2.23 bits per heavy atom. The van der Waals surface area contributed by atoms with Crippen LogP contribution in [-0.2, 0) is 19.1 Å². The highest BCUT2D eigenvalue weighted by Crippen LogP contribution is 2.52. The number of carbonyl (C=O) groups excluding carboxylic acids is 1. The van der Waals surface area contributed by atoms with Crippen LogP contribution < -0.4 is 0 Å². The fourth-order valence-electron chi connectivity index (χ4n) is 4.58. The average Bonchev–Trinajstić information content (AvgIpc) is 3.06. The molecule has 22 heavy (non-hydrogen) atoms. The van der Waals surface area contributed by atoms with Crippen molar-refractivity contribution in [3.8, 4) is 0 Å². The van der Waals surface area contributed by atoms with Gasteiger partial charge in [0.15, 0.2) is 0 Å². The largest absolute Gasteiger partial charge is 0.481 e. The van der Waals surface area contributed by atoms with Crippen molar-refractivity contribution >= 4 is 11.9 Å². The maximum Gasteiger partial charge on any atom is 0.310 e. The summed E-state index contributed by atoms with van der Waals surface area (Å²) in [4.78, 5) is 26.3. The predicted molar refractivity (Wildman–Crippen MR) is 76.1 cm³/mol. The molecule has 5 atom stereocenters. The van der Waals surface area contributed by atoms with Crippen LogP contribution in [0.3, 0.4) is 0 Å². The smallest absolute Gasteiger partial charge is 0.310 e. The van der Waals surface area contributed by atoms with Crippen molar-refractivity contribution in [2.45, 2.75) is 50.0 Å². The topological polar surface area (TPSA) is 76.1 Å². The van der Waals surface area contributed by atoms with Gasteiger partial charge >= 0.3 is 5.97 Å². The fourth-order valence-corrected chi connectivity index (χ4v) is 4.58. The molecule has 4 rings (SSSR count). The van der Waals surface area contributed by atoms with Gasteiger partial charge < -0.3 is 19.5 Å². The lowest BCUT2D eigenvalue weighted by Gasteiger charge is -2.40. The van der Waals surface area contributed by atoms with Crippen molar-refractivity contribution in [3.05, 3.63) is 12.2 Å². The van der Waals surface area contributed by atoms with Crippen LogP contribution in [-0.4, -0.2) is 58.4 Å². The van der Waals surface area contributed by atoms with Crippen LogP contribution >= 0.6 is 0 Å². The highest BCUT2D eigenvalue weighted by molar-refractivity contribution is 5.91. The van der Waals surface area contributed by atoms with Gasteiger partial charge in [-0.25, -0.2) is 0 Å². The summed E-state index contributed by atoms with van der Waals surface area (Å²) in [6, 6.07) is 0.0988. The van der Waals surface area contributed by atoms with E-state index in [1.165, 1.54) is 0 Å². The van der Waals surface area contributed by atoms with Gasteiger partial charge in [0.05, 0.1) is 24.2 Å². The van der Waals surface area contributed by atoms with Crippen molar-refractivity contribution in [1.82, 2.24) is 4.90 Å². The van der Waals surface area contributed by atoms with Gasteiger partial charge in [-0.2, -0.15) is 0 Å². The van der Waals surface area contributed by atoms with E-state index in [4.69, 9.17) is 9.47 Å². The molecule has 1 spiro atoms. The predicted octanol–water partition coefficient (Wildman–Crippen LogP) is 0.811. The van der Waals surface area contributed by atoms with E-state index in [1.807, 2.05) is 24.8 Å². The number of nitrogens with zero attached hydrogens (tertiary/aromatic N) is 1. The molecule has 1 N–H and O–H groups in total. The highest BCUT2D eigenvalue weighted by Gasteiger charge is 2.67. The number of carbonyl (C=O) groups is 2. The second-order valence-corrected chi connectivity index (χ2v) is 7.46. The van der Waals surface area contributed by atoms with Gasteiger partial charge in [-0.3, -0.25) is 9.59 Å². The second kappa shape index (κ2) is 4.32. The van der Waals surface area contributed by atoms with E-state index in [0.29, 0.717) is 13.2 Å². The molecule has 120 valence electrons. The molecule has 0 aromatic heterocycles. The van der Waals surface area contributed by atoms with Gasteiger partial charge in [-0.15, -0.1) is 0 Å². The van der Waals surface area contributed by atoms with E-state index in [2.05, 4.69) is 0 Å². The first-order valence-electron chi connectivity index (χ1n) is 7.87. The minimum Gasteiger partial charge on any atom is -0.481 e. The van der Waals surface area contributed by atoms with Crippen molar-refractivity contribution < 1.29 is 24.2 Å². The van der Waals surface area contributed by atoms with E-state index >= 15 is 0 Å². The SMILES string of the molecule is CC1(C)CC(N2CC34C=CC(O3)C(C(=O)O)C4C2=O)CCO1. The first kappa shape index (κ1) is 14.2. The van der Waals surface area contributed by atoms with E-state index in [0.717, 1.165) is 12.8 Å². The van der Waals surface area contributed by atoms with Crippen molar-refractivity contribution in [2.24, 2.45) is 11.8 Å². The molecule has 4 aliphatic rings. The van der Waals surface area contributed by atoms with Gasteiger partial charge in [0, 0.05) is 12.6 Å². The number of likely N-dealkylation sites (tertiary alicyclic amines) is 1. The van der Waals surface area contributed by atoms with Gasteiger partial charge in [0.2, 0.25) is 5.91 Å². The lowest BCUT2D eigenvalue weighted by atomic mass is 9.77. The Labute approximate surface area is 129 Å². The molecular weight excluding hydrogens is 286 g/mol. The molecule has 1 amide bonds. The normalized spacial score (nSPS) is 45.4. The Balaban J connectivity index is 1.62. The number of fused-ring (bicyclic) bond motifs is 1. The molecule has 6 nitrogen and oxygen atoms in total. The summed E-state index contributed by atoms with van der Waals surface area (Å²) in [5, 5.41) is 9.47. The standard InChI is InChI=1S/C16H21NO5/c1-15(2)7-9(4-6-21-15)17-8-16-5-3-10(22-16)11(14(19)20)12(16)13(17)18/h3,5,9-12H,4,6-8H2,1-2H3,(H,19,20). The van der Waals surface area contributed by atoms with Crippen LogP contribution in [0.5, 0.6) is 0 Å². The van der Waals surface area contributed by atoms with Crippen LogP contribution in [0.15, 0.2) is 12.2 Å². The van der Waals surface area contributed by atoms with Crippen LogP contribution in [0.4, 0.5) is 0 Å². The maximum absolute atomic E-state index is 12.9. The van der Waals surface area contributed by atoms with Gasteiger partial charge in [0.25, 0.3) is 0 Å². The quantitative estimate of drug-likeness (QED) is 0.764. The molecule has 0 aromatic rings. The van der Waals surface area contributed by atoms with Crippen molar-refractivity contribution in [1.29, 1.82) is 0 Å². The minimum atomic E-state index is -0.941. The van der Waals surface area contributed by atoms with Gasteiger partial charge in [-0.1, -0.05) is 12.2 Å². The Kier molecular flexibility index (Phi) is 2.79. The Hall–Kier alpha value is -1.40. The fraction of sp³-hybridized carbons (Fsp3) is 0.750. The zero-order valence-electron chi connectivity index (χ0n) is 12.8. The average molecular weight is 307 g/mol. The monoisotopic (exact) mass is 307 g/mol. The summed E-state index contributed by atoms with van der Waals surface area (Å²) in [6.07, 6.45) is 4.82.